The van der Waals surface area contributed by atoms with E-state index in [9.17, 15) is 14.4 Å². The molecule has 1 saturated heterocycles. The molecule has 72 valence electrons. The quantitative estimate of drug-likeness (QED) is 0.572. The maximum absolute atomic E-state index is 11.2. The Labute approximate surface area is 75.9 Å². The zero-order valence-corrected chi connectivity index (χ0v) is 7.23. The molecule has 2 amide bonds. The van der Waals surface area contributed by atoms with Crippen molar-refractivity contribution in [2.75, 3.05) is 6.54 Å². The molecule has 1 fully saturated rings. The monoisotopic (exact) mass is 184 g/mol. The van der Waals surface area contributed by atoms with E-state index in [-0.39, 0.29) is 24.9 Å². The van der Waals surface area contributed by atoms with Gasteiger partial charge in [-0.2, -0.15) is 0 Å². The molecule has 1 atom stereocenters. The van der Waals surface area contributed by atoms with Gasteiger partial charge in [0.05, 0.1) is 6.04 Å². The molecule has 0 aromatic rings. The van der Waals surface area contributed by atoms with Crippen LogP contribution in [-0.2, 0) is 14.4 Å². The van der Waals surface area contributed by atoms with Crippen molar-refractivity contribution in [1.29, 1.82) is 0 Å². The van der Waals surface area contributed by atoms with Gasteiger partial charge >= 0.3 is 0 Å². The van der Waals surface area contributed by atoms with Gasteiger partial charge < -0.3 is 15.4 Å². The third-order valence-electron chi connectivity index (χ3n) is 2.13. The molecule has 13 heavy (non-hydrogen) atoms. The van der Waals surface area contributed by atoms with Gasteiger partial charge in [-0.15, -0.1) is 0 Å². The van der Waals surface area contributed by atoms with Crippen LogP contribution in [0.25, 0.3) is 0 Å². The lowest BCUT2D eigenvalue weighted by Crippen LogP contribution is -2.36. The van der Waals surface area contributed by atoms with Crippen molar-refractivity contribution in [3.8, 4) is 0 Å². The molecule has 0 aromatic carbocycles. The summed E-state index contributed by atoms with van der Waals surface area (Å²) in [4.78, 5) is 33.5. The number of carbonyl (C=O) groups excluding carboxylic acids is 3. The highest BCUT2D eigenvalue weighted by atomic mass is 16.2. The lowest BCUT2D eigenvalue weighted by Gasteiger charge is -2.19. The summed E-state index contributed by atoms with van der Waals surface area (Å²) in [6, 6.07) is -0.355. The molecule has 1 rings (SSSR count). The molecule has 5 heteroatoms. The minimum Gasteiger partial charge on any atom is -0.370 e. The zero-order chi connectivity index (χ0) is 9.84. The number of rotatable bonds is 4. The van der Waals surface area contributed by atoms with E-state index in [1.165, 1.54) is 4.90 Å². The van der Waals surface area contributed by atoms with Gasteiger partial charge in [0, 0.05) is 19.4 Å². The fourth-order valence-electron chi connectivity index (χ4n) is 1.42. The topological polar surface area (TPSA) is 80.5 Å². The second kappa shape index (κ2) is 4.02. The molecule has 1 heterocycles. The third kappa shape index (κ3) is 2.27. The van der Waals surface area contributed by atoms with Crippen molar-refractivity contribution in [3.63, 3.8) is 0 Å². The van der Waals surface area contributed by atoms with Crippen LogP contribution in [0.2, 0.25) is 0 Å². The Kier molecular flexibility index (Phi) is 3.00. The number of nitrogens with zero attached hydrogens (tertiary/aromatic N) is 1. The first kappa shape index (κ1) is 9.70. The maximum atomic E-state index is 11.2. The summed E-state index contributed by atoms with van der Waals surface area (Å²) >= 11 is 0. The summed E-state index contributed by atoms with van der Waals surface area (Å²) < 4.78 is 0. The van der Waals surface area contributed by atoms with Gasteiger partial charge in [0.15, 0.2) is 0 Å². The molecule has 0 saturated carbocycles. The number of carbonyl (C=O) groups is 3. The SMILES string of the molecule is NC(=O)CCN1C(=O)CCC1C=O. The number of nitrogens with two attached hydrogens (primary N) is 1. The lowest BCUT2D eigenvalue weighted by atomic mass is 10.2. The zero-order valence-electron chi connectivity index (χ0n) is 7.23. The van der Waals surface area contributed by atoms with E-state index in [1.54, 1.807) is 0 Å². The van der Waals surface area contributed by atoms with E-state index in [2.05, 4.69) is 0 Å². The Morgan fingerprint density at radius 2 is 2.38 bits per heavy atom. The molecule has 0 aliphatic carbocycles. The highest BCUT2D eigenvalue weighted by Gasteiger charge is 2.30. The standard InChI is InChI=1S/C8H12N2O3/c9-7(12)3-4-10-6(5-11)1-2-8(10)13/h5-6H,1-4H2,(H2,9,12). The van der Waals surface area contributed by atoms with E-state index >= 15 is 0 Å². The second-order valence-corrected chi connectivity index (χ2v) is 3.05. The van der Waals surface area contributed by atoms with Gasteiger partial charge in [-0.05, 0) is 6.42 Å². The predicted octanol–water partition coefficient (Wildman–Crippen LogP) is -0.948. The average molecular weight is 184 g/mol. The molecule has 0 spiro atoms. The smallest absolute Gasteiger partial charge is 0.223 e. The van der Waals surface area contributed by atoms with Crippen molar-refractivity contribution in [2.45, 2.75) is 25.3 Å². The number of hydrogen-bond donors (Lipinski definition) is 1. The van der Waals surface area contributed by atoms with Crippen LogP contribution >= 0.6 is 0 Å². The highest BCUT2D eigenvalue weighted by Crippen LogP contribution is 2.16. The van der Waals surface area contributed by atoms with Crippen LogP contribution < -0.4 is 5.73 Å². The van der Waals surface area contributed by atoms with Crippen molar-refractivity contribution in [3.05, 3.63) is 0 Å². The molecule has 1 aliphatic rings. The largest absolute Gasteiger partial charge is 0.370 e. The average Bonchev–Trinajstić information content (AvgIpc) is 2.43. The Balaban J connectivity index is 2.49. The summed E-state index contributed by atoms with van der Waals surface area (Å²) in [7, 11) is 0. The van der Waals surface area contributed by atoms with Crippen LogP contribution in [0.4, 0.5) is 0 Å². The highest BCUT2D eigenvalue weighted by molar-refractivity contribution is 5.84. The van der Waals surface area contributed by atoms with Gasteiger partial charge in [-0.1, -0.05) is 0 Å². The third-order valence-corrected chi connectivity index (χ3v) is 2.13. The molecule has 0 radical (unpaired) electrons. The Bertz CT molecular complexity index is 240. The number of likely N-dealkylation sites (tertiary alicyclic amines) is 1. The van der Waals surface area contributed by atoms with Gasteiger partial charge in [0.2, 0.25) is 11.8 Å². The van der Waals surface area contributed by atoms with E-state index in [1.807, 2.05) is 0 Å². The van der Waals surface area contributed by atoms with Crippen LogP contribution in [0.15, 0.2) is 0 Å². The Morgan fingerprint density at radius 1 is 1.69 bits per heavy atom. The molecule has 1 unspecified atom stereocenters. The molecular weight excluding hydrogens is 172 g/mol. The van der Waals surface area contributed by atoms with Crippen LogP contribution in [-0.4, -0.2) is 35.6 Å². The first-order chi connectivity index (χ1) is 6.15. The first-order valence-corrected chi connectivity index (χ1v) is 4.18. The predicted molar refractivity (Wildman–Crippen MR) is 44.6 cm³/mol. The van der Waals surface area contributed by atoms with Crippen LogP contribution in [0.5, 0.6) is 0 Å². The summed E-state index contributed by atoms with van der Waals surface area (Å²) in [6.45, 7) is 0.261. The number of amides is 2. The number of hydrogen-bond acceptors (Lipinski definition) is 3. The first-order valence-electron chi connectivity index (χ1n) is 4.18. The van der Waals surface area contributed by atoms with Crippen molar-refractivity contribution < 1.29 is 14.4 Å². The van der Waals surface area contributed by atoms with Gasteiger partial charge in [-0.3, -0.25) is 9.59 Å². The fraction of sp³-hybridized carbons (Fsp3) is 0.625. The summed E-state index contributed by atoms with van der Waals surface area (Å²) in [5.41, 5.74) is 4.94. The molecule has 0 bridgehead atoms. The molecule has 5 nitrogen and oxygen atoms in total. The fourth-order valence-corrected chi connectivity index (χ4v) is 1.42. The normalized spacial score (nSPS) is 22.0. The van der Waals surface area contributed by atoms with Crippen LogP contribution in [0.3, 0.4) is 0 Å². The molecule has 2 N–H and O–H groups in total. The minimum atomic E-state index is -0.454. The number of aldehydes is 1. The summed E-state index contributed by atoms with van der Waals surface area (Å²) in [5, 5.41) is 0. The summed E-state index contributed by atoms with van der Waals surface area (Å²) in [6.07, 6.45) is 1.81. The molecule has 0 aromatic heterocycles. The van der Waals surface area contributed by atoms with E-state index in [0.29, 0.717) is 12.8 Å². The van der Waals surface area contributed by atoms with Gasteiger partial charge in [-0.25, -0.2) is 0 Å². The lowest BCUT2D eigenvalue weighted by molar-refractivity contribution is -0.131. The van der Waals surface area contributed by atoms with Crippen molar-refractivity contribution in [1.82, 2.24) is 4.90 Å². The summed E-state index contributed by atoms with van der Waals surface area (Å²) in [5.74, 6) is -0.525. The molecule has 1 aliphatic heterocycles. The van der Waals surface area contributed by atoms with E-state index in [0.717, 1.165) is 6.29 Å². The van der Waals surface area contributed by atoms with Crippen molar-refractivity contribution in [2.24, 2.45) is 5.73 Å². The van der Waals surface area contributed by atoms with Crippen LogP contribution in [0.1, 0.15) is 19.3 Å². The van der Waals surface area contributed by atoms with Gasteiger partial charge in [0.1, 0.15) is 6.29 Å². The van der Waals surface area contributed by atoms with E-state index < -0.39 is 5.91 Å². The van der Waals surface area contributed by atoms with Crippen molar-refractivity contribution >= 4 is 18.1 Å². The van der Waals surface area contributed by atoms with E-state index in [4.69, 9.17) is 5.73 Å². The Hall–Kier alpha value is -1.39. The number of primary amides is 1. The molecular formula is C8H12N2O3. The van der Waals surface area contributed by atoms with Crippen LogP contribution in [0, 0.1) is 0 Å². The van der Waals surface area contributed by atoms with Gasteiger partial charge in [0.25, 0.3) is 0 Å². The minimum absolute atomic E-state index is 0.0710. The second-order valence-electron chi connectivity index (χ2n) is 3.05. The maximum Gasteiger partial charge on any atom is 0.223 e. The Morgan fingerprint density at radius 3 is 2.92 bits per heavy atom.